The summed E-state index contributed by atoms with van der Waals surface area (Å²) >= 11 is 5.59. The first-order valence-electron chi connectivity index (χ1n) is 7.00. The predicted molar refractivity (Wildman–Crippen MR) is 88.1 cm³/mol. The zero-order valence-corrected chi connectivity index (χ0v) is 13.6. The van der Waals surface area contributed by atoms with E-state index in [4.69, 9.17) is 11.6 Å². The number of carbonyl (C=O) groups excluding carboxylic acids is 2. The molecule has 1 N–H and O–H groups in total. The standard InChI is InChI=1S/C17H14ClFN2O2/c1-8-13(20-9(2)15(8)16(18)22)7-12-11-6-10(19)4-5-14(11)21(3)17(12)23/h4-7,20H,1-3H3/b12-7-. The van der Waals surface area contributed by atoms with Gasteiger partial charge < -0.3 is 9.88 Å². The van der Waals surface area contributed by atoms with E-state index in [2.05, 4.69) is 4.98 Å². The number of halogens is 2. The minimum absolute atomic E-state index is 0.226. The molecule has 0 spiro atoms. The number of fused-ring (bicyclic) bond motifs is 1. The van der Waals surface area contributed by atoms with Crippen LogP contribution in [0.4, 0.5) is 10.1 Å². The number of hydrogen-bond donors (Lipinski definition) is 1. The lowest BCUT2D eigenvalue weighted by atomic mass is 10.0. The van der Waals surface area contributed by atoms with Crippen LogP contribution < -0.4 is 4.90 Å². The molecule has 0 atom stereocenters. The Bertz CT molecular complexity index is 883. The summed E-state index contributed by atoms with van der Waals surface area (Å²) in [6, 6.07) is 4.23. The number of aromatic nitrogens is 1. The zero-order chi connectivity index (χ0) is 16.9. The summed E-state index contributed by atoms with van der Waals surface area (Å²) in [5.74, 6) is -0.634. The van der Waals surface area contributed by atoms with Crippen molar-refractivity contribution in [1.29, 1.82) is 0 Å². The number of likely N-dealkylation sites (N-methyl/N-ethyl adjacent to an activating group) is 1. The molecule has 0 saturated carbocycles. The third kappa shape index (κ3) is 2.37. The van der Waals surface area contributed by atoms with Gasteiger partial charge in [0.15, 0.2) is 0 Å². The normalized spacial score (nSPS) is 15.4. The van der Waals surface area contributed by atoms with E-state index in [9.17, 15) is 14.0 Å². The Kier molecular flexibility index (Phi) is 3.60. The Balaban J connectivity index is 2.18. The maximum absolute atomic E-state index is 13.6. The number of aryl methyl sites for hydroxylation is 1. The molecule has 0 radical (unpaired) electrons. The molecule has 0 fully saturated rings. The summed E-state index contributed by atoms with van der Waals surface area (Å²) in [6.45, 7) is 3.49. The van der Waals surface area contributed by atoms with Crippen molar-refractivity contribution in [2.45, 2.75) is 13.8 Å². The second-order valence-electron chi connectivity index (χ2n) is 5.52. The van der Waals surface area contributed by atoms with E-state index >= 15 is 0 Å². The Hall–Kier alpha value is -2.40. The minimum Gasteiger partial charge on any atom is -0.358 e. The van der Waals surface area contributed by atoms with E-state index < -0.39 is 11.1 Å². The van der Waals surface area contributed by atoms with Gasteiger partial charge in [0.2, 0.25) is 0 Å². The van der Waals surface area contributed by atoms with E-state index in [0.717, 1.165) is 0 Å². The van der Waals surface area contributed by atoms with Gasteiger partial charge in [-0.05, 0) is 55.3 Å². The monoisotopic (exact) mass is 332 g/mol. The lowest BCUT2D eigenvalue weighted by Crippen LogP contribution is -2.20. The van der Waals surface area contributed by atoms with Crippen LogP contribution in [-0.2, 0) is 4.79 Å². The lowest BCUT2D eigenvalue weighted by molar-refractivity contribution is -0.112. The molecule has 0 bridgehead atoms. The van der Waals surface area contributed by atoms with Crippen LogP contribution in [0.3, 0.4) is 0 Å². The summed E-state index contributed by atoms with van der Waals surface area (Å²) in [5.41, 5.74) is 3.86. The maximum Gasteiger partial charge on any atom is 0.258 e. The van der Waals surface area contributed by atoms with Crippen molar-refractivity contribution >= 4 is 40.1 Å². The fourth-order valence-electron chi connectivity index (χ4n) is 2.92. The molecule has 2 aromatic rings. The number of aromatic amines is 1. The topological polar surface area (TPSA) is 53.2 Å². The Morgan fingerprint density at radius 2 is 2.04 bits per heavy atom. The van der Waals surface area contributed by atoms with Crippen molar-refractivity contribution in [3.8, 4) is 0 Å². The van der Waals surface area contributed by atoms with Gasteiger partial charge in [0.1, 0.15) is 5.82 Å². The second-order valence-corrected chi connectivity index (χ2v) is 5.86. The third-order valence-corrected chi connectivity index (χ3v) is 4.30. The highest BCUT2D eigenvalue weighted by molar-refractivity contribution is 6.68. The molecule has 1 aliphatic rings. The number of benzene rings is 1. The molecule has 1 aromatic carbocycles. The number of anilines is 1. The van der Waals surface area contributed by atoms with Crippen LogP contribution in [0.5, 0.6) is 0 Å². The smallest absolute Gasteiger partial charge is 0.258 e. The van der Waals surface area contributed by atoms with Crippen LogP contribution in [0.1, 0.15) is 32.9 Å². The second kappa shape index (κ2) is 5.35. The fraction of sp³-hybridized carbons (Fsp3) is 0.176. The summed E-state index contributed by atoms with van der Waals surface area (Å²) in [6.07, 6.45) is 1.63. The SMILES string of the molecule is Cc1[nH]c(/C=C2\C(=O)N(C)c3ccc(F)cc32)c(C)c1C(=O)Cl. The first-order chi connectivity index (χ1) is 10.8. The van der Waals surface area contributed by atoms with E-state index in [1.807, 2.05) is 0 Å². The van der Waals surface area contributed by atoms with Crippen molar-refractivity contribution in [3.63, 3.8) is 0 Å². The molecule has 2 heterocycles. The van der Waals surface area contributed by atoms with E-state index in [-0.39, 0.29) is 5.91 Å². The highest BCUT2D eigenvalue weighted by Gasteiger charge is 2.30. The van der Waals surface area contributed by atoms with Crippen molar-refractivity contribution in [2.75, 3.05) is 11.9 Å². The average Bonchev–Trinajstić information content (AvgIpc) is 2.88. The number of carbonyl (C=O) groups is 2. The third-order valence-electron chi connectivity index (χ3n) is 4.11. The van der Waals surface area contributed by atoms with Gasteiger partial charge in [-0.25, -0.2) is 4.39 Å². The summed E-state index contributed by atoms with van der Waals surface area (Å²) in [7, 11) is 1.64. The number of H-pyrrole nitrogens is 1. The molecule has 1 aliphatic heterocycles. The van der Waals surface area contributed by atoms with Crippen LogP contribution in [0, 0.1) is 19.7 Å². The van der Waals surface area contributed by atoms with Gasteiger partial charge in [-0.2, -0.15) is 0 Å². The number of hydrogen-bond acceptors (Lipinski definition) is 2. The average molecular weight is 333 g/mol. The molecule has 3 rings (SSSR count). The molecule has 1 aromatic heterocycles. The van der Waals surface area contributed by atoms with Crippen LogP contribution in [-0.4, -0.2) is 23.2 Å². The van der Waals surface area contributed by atoms with E-state index in [1.54, 1.807) is 33.0 Å². The molecular weight excluding hydrogens is 319 g/mol. The molecule has 0 unspecified atom stereocenters. The molecule has 0 saturated heterocycles. The van der Waals surface area contributed by atoms with Gasteiger partial charge >= 0.3 is 0 Å². The van der Waals surface area contributed by atoms with E-state index in [1.165, 1.54) is 17.0 Å². The van der Waals surface area contributed by atoms with E-state index in [0.29, 0.717) is 39.3 Å². The predicted octanol–water partition coefficient (Wildman–Crippen LogP) is 3.67. The van der Waals surface area contributed by atoms with Gasteiger partial charge in [-0.3, -0.25) is 9.59 Å². The Morgan fingerprint density at radius 3 is 2.65 bits per heavy atom. The number of amides is 1. The number of nitrogens with one attached hydrogen (secondary N) is 1. The number of nitrogens with zero attached hydrogens (tertiary/aromatic N) is 1. The van der Waals surface area contributed by atoms with Crippen LogP contribution in [0.15, 0.2) is 18.2 Å². The van der Waals surface area contributed by atoms with Crippen molar-refractivity contribution < 1.29 is 14.0 Å². The van der Waals surface area contributed by atoms with Crippen LogP contribution in [0.25, 0.3) is 11.6 Å². The molecule has 6 heteroatoms. The van der Waals surface area contributed by atoms with Gasteiger partial charge in [0.25, 0.3) is 11.1 Å². The molecule has 23 heavy (non-hydrogen) atoms. The first-order valence-corrected chi connectivity index (χ1v) is 7.37. The van der Waals surface area contributed by atoms with Gasteiger partial charge in [0.05, 0.1) is 16.8 Å². The minimum atomic E-state index is -0.554. The summed E-state index contributed by atoms with van der Waals surface area (Å²) in [5, 5.41) is -0.554. The van der Waals surface area contributed by atoms with Crippen LogP contribution >= 0.6 is 11.6 Å². The molecule has 4 nitrogen and oxygen atoms in total. The lowest BCUT2D eigenvalue weighted by Gasteiger charge is -2.08. The summed E-state index contributed by atoms with van der Waals surface area (Å²) in [4.78, 5) is 28.5. The van der Waals surface area contributed by atoms with Crippen molar-refractivity contribution in [1.82, 2.24) is 4.98 Å². The molecule has 1 amide bonds. The quantitative estimate of drug-likeness (QED) is 0.674. The van der Waals surface area contributed by atoms with Crippen molar-refractivity contribution in [2.24, 2.45) is 0 Å². The highest BCUT2D eigenvalue weighted by Crippen LogP contribution is 2.37. The maximum atomic E-state index is 13.6. The van der Waals surface area contributed by atoms with Gasteiger partial charge in [-0.15, -0.1) is 0 Å². The van der Waals surface area contributed by atoms with Crippen molar-refractivity contribution in [3.05, 3.63) is 52.1 Å². The molecule has 118 valence electrons. The van der Waals surface area contributed by atoms with Gasteiger partial charge in [-0.1, -0.05) is 0 Å². The Morgan fingerprint density at radius 1 is 1.35 bits per heavy atom. The first kappa shape index (κ1) is 15.5. The number of rotatable bonds is 2. The Labute approximate surface area is 137 Å². The summed E-state index contributed by atoms with van der Waals surface area (Å²) < 4.78 is 13.6. The largest absolute Gasteiger partial charge is 0.358 e. The zero-order valence-electron chi connectivity index (χ0n) is 12.8. The van der Waals surface area contributed by atoms with Gasteiger partial charge in [0, 0.05) is 24.0 Å². The van der Waals surface area contributed by atoms with Crippen LogP contribution in [0.2, 0.25) is 0 Å². The fourth-order valence-corrected chi connectivity index (χ4v) is 3.20. The highest BCUT2D eigenvalue weighted by atomic mass is 35.5. The molecular formula is C17H14ClFN2O2. The molecule has 0 aliphatic carbocycles.